The monoisotopic (exact) mass is 362 g/mol. The van der Waals surface area contributed by atoms with Crippen molar-refractivity contribution in [1.82, 2.24) is 4.57 Å². The van der Waals surface area contributed by atoms with Gasteiger partial charge in [-0.05, 0) is 43.7 Å². The Morgan fingerprint density at radius 1 is 1.08 bits per heavy atom. The average Bonchev–Trinajstić information content (AvgIpc) is 2.85. The highest BCUT2D eigenvalue weighted by Gasteiger charge is 2.13. The van der Waals surface area contributed by atoms with E-state index in [9.17, 15) is 8.42 Å². The Balaban J connectivity index is 2.20. The van der Waals surface area contributed by atoms with Gasteiger partial charge in [-0.25, -0.2) is 8.42 Å². The second-order valence-corrected chi connectivity index (χ2v) is 8.34. The molecule has 4 nitrogen and oxygen atoms in total. The summed E-state index contributed by atoms with van der Waals surface area (Å²) >= 11 is 5.98. The SMILES string of the molecule is CC(C)n1cc(-c2ccc(Cl)cc2)c2ccc(NS(C)(=O)=O)cc21. The van der Waals surface area contributed by atoms with Crippen LogP contribution in [0.1, 0.15) is 19.9 Å². The van der Waals surface area contributed by atoms with Gasteiger partial charge < -0.3 is 4.57 Å². The second-order valence-electron chi connectivity index (χ2n) is 6.16. The molecule has 1 heterocycles. The molecule has 24 heavy (non-hydrogen) atoms. The molecule has 1 aromatic heterocycles. The summed E-state index contributed by atoms with van der Waals surface area (Å²) in [5, 5.41) is 1.77. The Morgan fingerprint density at radius 3 is 2.33 bits per heavy atom. The summed E-state index contributed by atoms with van der Waals surface area (Å²) in [6, 6.07) is 13.6. The van der Waals surface area contributed by atoms with E-state index in [2.05, 4.69) is 29.3 Å². The summed E-state index contributed by atoms with van der Waals surface area (Å²) in [5.41, 5.74) is 3.73. The number of sulfonamides is 1. The Morgan fingerprint density at radius 2 is 1.75 bits per heavy atom. The molecule has 0 saturated carbocycles. The minimum absolute atomic E-state index is 0.252. The van der Waals surface area contributed by atoms with Crippen LogP contribution in [0.4, 0.5) is 5.69 Å². The van der Waals surface area contributed by atoms with Gasteiger partial charge in [0.25, 0.3) is 0 Å². The van der Waals surface area contributed by atoms with Gasteiger partial charge in [-0.2, -0.15) is 0 Å². The Labute approximate surface area is 147 Å². The summed E-state index contributed by atoms with van der Waals surface area (Å²) in [4.78, 5) is 0. The minimum atomic E-state index is -3.30. The average molecular weight is 363 g/mol. The lowest BCUT2D eigenvalue weighted by Gasteiger charge is -2.10. The van der Waals surface area contributed by atoms with Gasteiger partial charge in [-0.15, -0.1) is 0 Å². The standard InChI is InChI=1S/C18H19ClN2O2S/c1-12(2)21-11-17(13-4-6-14(19)7-5-13)16-9-8-15(10-18(16)21)20-24(3,22)23/h4-12,20H,1-3H3. The predicted octanol–water partition coefficient (Wildman–Crippen LogP) is 4.91. The summed E-state index contributed by atoms with van der Waals surface area (Å²) in [7, 11) is -3.30. The number of aromatic nitrogens is 1. The van der Waals surface area contributed by atoms with E-state index in [1.807, 2.05) is 36.4 Å². The first-order chi connectivity index (χ1) is 11.2. The van der Waals surface area contributed by atoms with Crippen molar-refractivity contribution in [3.05, 3.63) is 53.7 Å². The molecule has 1 N–H and O–H groups in total. The molecule has 0 atom stereocenters. The van der Waals surface area contributed by atoms with Crippen molar-refractivity contribution in [3.8, 4) is 11.1 Å². The zero-order valence-corrected chi connectivity index (χ0v) is 15.3. The number of hydrogen-bond donors (Lipinski definition) is 1. The van der Waals surface area contributed by atoms with Crippen molar-refractivity contribution in [2.24, 2.45) is 0 Å². The molecule has 0 fully saturated rings. The number of benzene rings is 2. The number of nitrogens with zero attached hydrogens (tertiary/aromatic N) is 1. The van der Waals surface area contributed by atoms with E-state index < -0.39 is 10.0 Å². The minimum Gasteiger partial charge on any atom is -0.344 e. The summed E-state index contributed by atoms with van der Waals surface area (Å²) < 4.78 is 27.7. The zero-order chi connectivity index (χ0) is 17.5. The third-order valence-corrected chi connectivity index (χ3v) is 4.71. The summed E-state index contributed by atoms with van der Waals surface area (Å²) in [6.45, 7) is 4.20. The van der Waals surface area contributed by atoms with Crippen molar-refractivity contribution in [3.63, 3.8) is 0 Å². The second kappa shape index (κ2) is 6.15. The molecule has 6 heteroatoms. The van der Waals surface area contributed by atoms with E-state index in [4.69, 9.17) is 11.6 Å². The van der Waals surface area contributed by atoms with Gasteiger partial charge >= 0.3 is 0 Å². The molecule has 0 amide bonds. The predicted molar refractivity (Wildman–Crippen MR) is 101 cm³/mol. The maximum atomic E-state index is 11.5. The number of rotatable bonds is 4. The van der Waals surface area contributed by atoms with Gasteiger partial charge in [0.1, 0.15) is 0 Å². The largest absolute Gasteiger partial charge is 0.344 e. The molecule has 0 spiro atoms. The summed E-state index contributed by atoms with van der Waals surface area (Å²) in [6.07, 6.45) is 3.25. The third kappa shape index (κ3) is 3.42. The lowest BCUT2D eigenvalue weighted by molar-refractivity contribution is 0.607. The quantitative estimate of drug-likeness (QED) is 0.716. The van der Waals surface area contributed by atoms with Gasteiger partial charge in [-0.1, -0.05) is 29.8 Å². The van der Waals surface area contributed by atoms with Crippen LogP contribution in [0.25, 0.3) is 22.0 Å². The van der Waals surface area contributed by atoms with Gasteiger partial charge in [-0.3, -0.25) is 4.72 Å². The van der Waals surface area contributed by atoms with Crippen molar-refractivity contribution in [2.45, 2.75) is 19.9 Å². The van der Waals surface area contributed by atoms with Crippen LogP contribution in [0.15, 0.2) is 48.7 Å². The van der Waals surface area contributed by atoms with E-state index in [-0.39, 0.29) is 6.04 Å². The van der Waals surface area contributed by atoms with Crippen molar-refractivity contribution in [1.29, 1.82) is 0 Å². The number of halogens is 1. The van der Waals surface area contributed by atoms with Gasteiger partial charge in [0.05, 0.1) is 17.5 Å². The number of hydrogen-bond acceptors (Lipinski definition) is 2. The van der Waals surface area contributed by atoms with Gasteiger partial charge in [0.2, 0.25) is 10.0 Å². The van der Waals surface area contributed by atoms with E-state index >= 15 is 0 Å². The van der Waals surface area contributed by atoms with Crippen LogP contribution in [0.3, 0.4) is 0 Å². The molecule has 0 unspecified atom stereocenters. The van der Waals surface area contributed by atoms with E-state index in [0.29, 0.717) is 10.7 Å². The molecule has 3 rings (SSSR count). The normalized spacial score (nSPS) is 12.0. The van der Waals surface area contributed by atoms with Crippen molar-refractivity contribution < 1.29 is 8.42 Å². The molecule has 0 saturated heterocycles. The molecule has 0 bridgehead atoms. The van der Waals surface area contributed by atoms with Crippen LogP contribution in [-0.4, -0.2) is 19.2 Å². The molecule has 3 aromatic rings. The lowest BCUT2D eigenvalue weighted by atomic mass is 10.0. The first-order valence-corrected chi connectivity index (χ1v) is 9.90. The number of nitrogens with one attached hydrogen (secondary N) is 1. The third-order valence-electron chi connectivity index (χ3n) is 3.85. The van der Waals surface area contributed by atoms with E-state index in [1.54, 1.807) is 6.07 Å². The van der Waals surface area contributed by atoms with Crippen LogP contribution in [0, 0.1) is 0 Å². The van der Waals surface area contributed by atoms with Gasteiger partial charge in [0.15, 0.2) is 0 Å². The molecular formula is C18H19ClN2O2S. The molecule has 0 aliphatic rings. The van der Waals surface area contributed by atoms with Crippen LogP contribution < -0.4 is 4.72 Å². The summed E-state index contributed by atoms with van der Waals surface area (Å²) in [5.74, 6) is 0. The Bertz CT molecular complexity index is 990. The maximum absolute atomic E-state index is 11.5. The van der Waals surface area contributed by atoms with E-state index in [1.165, 1.54) is 0 Å². The Hall–Kier alpha value is -1.98. The van der Waals surface area contributed by atoms with E-state index in [0.717, 1.165) is 28.3 Å². The Kier molecular flexibility index (Phi) is 4.32. The number of fused-ring (bicyclic) bond motifs is 1. The van der Waals surface area contributed by atoms with Crippen molar-refractivity contribution in [2.75, 3.05) is 11.0 Å². The molecule has 0 aliphatic carbocycles. The topological polar surface area (TPSA) is 51.1 Å². The van der Waals surface area contributed by atoms with Crippen LogP contribution in [-0.2, 0) is 10.0 Å². The highest BCUT2D eigenvalue weighted by atomic mass is 35.5. The van der Waals surface area contributed by atoms with Crippen molar-refractivity contribution >= 4 is 38.2 Å². The van der Waals surface area contributed by atoms with Gasteiger partial charge in [0, 0.05) is 28.2 Å². The highest BCUT2D eigenvalue weighted by Crippen LogP contribution is 2.34. The molecule has 0 aliphatic heterocycles. The number of anilines is 1. The first kappa shape index (κ1) is 16.9. The zero-order valence-electron chi connectivity index (χ0n) is 13.7. The molecule has 0 radical (unpaired) electrons. The van der Waals surface area contributed by atoms with Crippen LogP contribution >= 0.6 is 11.6 Å². The lowest BCUT2D eigenvalue weighted by Crippen LogP contribution is -2.09. The first-order valence-electron chi connectivity index (χ1n) is 7.63. The maximum Gasteiger partial charge on any atom is 0.229 e. The molecule has 126 valence electrons. The highest BCUT2D eigenvalue weighted by molar-refractivity contribution is 7.92. The fourth-order valence-corrected chi connectivity index (χ4v) is 3.50. The smallest absolute Gasteiger partial charge is 0.229 e. The van der Waals surface area contributed by atoms with Crippen LogP contribution in [0.2, 0.25) is 5.02 Å². The fraction of sp³-hybridized carbons (Fsp3) is 0.222. The molecular weight excluding hydrogens is 344 g/mol. The molecule has 2 aromatic carbocycles. The fourth-order valence-electron chi connectivity index (χ4n) is 2.82. The van der Waals surface area contributed by atoms with Crippen LogP contribution in [0.5, 0.6) is 0 Å².